The van der Waals surface area contributed by atoms with Gasteiger partial charge in [0.15, 0.2) is 0 Å². The standard InChI is InChI=1S/C32H32N6O2/c33-30-29-28(26-7-4-8-27(19-26)40-21-23-5-2-1-3-6-23)37-31(38(29)18-17-35-30)24-9-11-25(12-10-24)32(39)36-20-22-13-15-34-16-14-22/h1-8,13-19,24-25H,9-12,20-21H2,(H2,33,35)(H,36,39). The molecule has 202 valence electrons. The maximum atomic E-state index is 12.9. The van der Waals surface area contributed by atoms with Gasteiger partial charge in [-0.25, -0.2) is 9.97 Å². The number of carbonyl (C=O) groups excluding carboxylic acids is 1. The van der Waals surface area contributed by atoms with Crippen molar-refractivity contribution in [3.8, 4) is 17.0 Å². The number of fused-ring (bicyclic) bond motifs is 1. The molecule has 1 aliphatic carbocycles. The van der Waals surface area contributed by atoms with E-state index >= 15 is 0 Å². The van der Waals surface area contributed by atoms with Crippen molar-refractivity contribution >= 4 is 17.2 Å². The number of benzene rings is 2. The normalized spacial score (nSPS) is 17.0. The Balaban J connectivity index is 1.19. The maximum absolute atomic E-state index is 12.9. The summed E-state index contributed by atoms with van der Waals surface area (Å²) < 4.78 is 8.15. The minimum Gasteiger partial charge on any atom is -0.489 e. The Hall–Kier alpha value is -4.72. The van der Waals surface area contributed by atoms with E-state index in [2.05, 4.69) is 19.7 Å². The van der Waals surface area contributed by atoms with Gasteiger partial charge in [0.25, 0.3) is 0 Å². The highest BCUT2D eigenvalue weighted by atomic mass is 16.5. The van der Waals surface area contributed by atoms with E-state index in [9.17, 15) is 4.79 Å². The Morgan fingerprint density at radius 3 is 2.55 bits per heavy atom. The number of pyridine rings is 1. The van der Waals surface area contributed by atoms with E-state index in [1.165, 1.54) is 0 Å². The zero-order chi connectivity index (χ0) is 27.3. The molecule has 8 nitrogen and oxygen atoms in total. The van der Waals surface area contributed by atoms with Crippen molar-refractivity contribution in [3.63, 3.8) is 0 Å². The van der Waals surface area contributed by atoms with Gasteiger partial charge in [-0.05, 0) is 61.1 Å². The molecule has 5 aromatic rings. The lowest BCUT2D eigenvalue weighted by molar-refractivity contribution is -0.126. The molecule has 40 heavy (non-hydrogen) atoms. The summed E-state index contributed by atoms with van der Waals surface area (Å²) >= 11 is 0. The molecule has 1 aliphatic rings. The molecule has 2 aromatic carbocycles. The number of hydrogen-bond donors (Lipinski definition) is 2. The topological polar surface area (TPSA) is 107 Å². The third kappa shape index (κ3) is 5.52. The molecule has 6 rings (SSSR count). The van der Waals surface area contributed by atoms with Gasteiger partial charge in [-0.2, -0.15) is 0 Å². The fourth-order valence-electron chi connectivity index (χ4n) is 5.50. The SMILES string of the molecule is Nc1nccn2c(C3CCC(C(=O)NCc4ccncc4)CC3)nc(-c3cccc(OCc4ccccc4)c3)c12. The Labute approximate surface area is 233 Å². The van der Waals surface area contributed by atoms with Gasteiger partial charge < -0.3 is 15.8 Å². The van der Waals surface area contributed by atoms with Crippen molar-refractivity contribution in [2.45, 2.75) is 44.8 Å². The molecule has 0 aliphatic heterocycles. The van der Waals surface area contributed by atoms with Crippen molar-refractivity contribution in [2.24, 2.45) is 5.92 Å². The number of hydrogen-bond acceptors (Lipinski definition) is 6. The highest BCUT2D eigenvalue weighted by Crippen LogP contribution is 2.39. The molecule has 0 atom stereocenters. The van der Waals surface area contributed by atoms with Gasteiger partial charge in [-0.1, -0.05) is 42.5 Å². The summed E-state index contributed by atoms with van der Waals surface area (Å²) in [6.07, 6.45) is 10.5. The monoisotopic (exact) mass is 532 g/mol. The van der Waals surface area contributed by atoms with Crippen LogP contribution in [0.1, 0.15) is 48.6 Å². The molecule has 0 radical (unpaired) electrons. The van der Waals surface area contributed by atoms with Crippen molar-refractivity contribution in [2.75, 3.05) is 5.73 Å². The number of anilines is 1. The van der Waals surface area contributed by atoms with Crippen LogP contribution < -0.4 is 15.8 Å². The summed E-state index contributed by atoms with van der Waals surface area (Å²) in [5, 5.41) is 3.09. The number of nitrogen functional groups attached to an aromatic ring is 1. The molecule has 8 heteroatoms. The number of amides is 1. The van der Waals surface area contributed by atoms with E-state index in [-0.39, 0.29) is 17.7 Å². The van der Waals surface area contributed by atoms with Gasteiger partial charge >= 0.3 is 0 Å². The van der Waals surface area contributed by atoms with E-state index in [0.717, 1.165) is 65.2 Å². The summed E-state index contributed by atoms with van der Waals surface area (Å²) in [6, 6.07) is 21.9. The number of imidazole rings is 1. The van der Waals surface area contributed by atoms with Crippen LogP contribution in [-0.4, -0.2) is 25.3 Å². The van der Waals surface area contributed by atoms with Crippen molar-refractivity contribution in [1.29, 1.82) is 0 Å². The second-order valence-electron chi connectivity index (χ2n) is 10.3. The smallest absolute Gasteiger partial charge is 0.223 e. The lowest BCUT2D eigenvalue weighted by Crippen LogP contribution is -2.32. The number of rotatable bonds is 8. The third-order valence-corrected chi connectivity index (χ3v) is 7.65. The summed E-state index contributed by atoms with van der Waals surface area (Å²) in [4.78, 5) is 26.4. The van der Waals surface area contributed by atoms with Crippen LogP contribution in [0, 0.1) is 5.92 Å². The van der Waals surface area contributed by atoms with Crippen LogP contribution >= 0.6 is 0 Å². The average Bonchev–Trinajstić information content (AvgIpc) is 3.41. The molecule has 1 amide bonds. The van der Waals surface area contributed by atoms with Crippen molar-refractivity contribution in [1.82, 2.24) is 24.7 Å². The summed E-state index contributed by atoms with van der Waals surface area (Å²) in [7, 11) is 0. The maximum Gasteiger partial charge on any atom is 0.223 e. The predicted molar refractivity (Wildman–Crippen MR) is 154 cm³/mol. The molecule has 3 N–H and O–H groups in total. The highest BCUT2D eigenvalue weighted by molar-refractivity contribution is 5.85. The van der Waals surface area contributed by atoms with E-state index < -0.39 is 0 Å². The zero-order valence-corrected chi connectivity index (χ0v) is 22.2. The van der Waals surface area contributed by atoms with Crippen molar-refractivity contribution in [3.05, 3.63) is 108 Å². The second-order valence-corrected chi connectivity index (χ2v) is 10.3. The quantitative estimate of drug-likeness (QED) is 0.272. The van der Waals surface area contributed by atoms with Gasteiger partial charge in [0.1, 0.15) is 35.2 Å². The summed E-state index contributed by atoms with van der Waals surface area (Å²) in [5.41, 5.74) is 11.1. The first-order valence-electron chi connectivity index (χ1n) is 13.7. The lowest BCUT2D eigenvalue weighted by Gasteiger charge is -2.27. The first-order valence-corrected chi connectivity index (χ1v) is 13.7. The van der Waals surface area contributed by atoms with Crippen LogP contribution in [0.15, 0.2) is 91.5 Å². The largest absolute Gasteiger partial charge is 0.489 e. The fraction of sp³-hybridized carbons (Fsp3) is 0.250. The minimum absolute atomic E-state index is 0.00830. The molecule has 0 saturated heterocycles. The Bertz CT molecular complexity index is 1590. The molecule has 1 saturated carbocycles. The first kappa shape index (κ1) is 25.6. The van der Waals surface area contributed by atoms with Gasteiger partial charge in [0.2, 0.25) is 5.91 Å². The first-order chi connectivity index (χ1) is 19.7. The number of ether oxygens (including phenoxy) is 1. The molecule has 0 unspecified atom stereocenters. The Morgan fingerprint density at radius 1 is 0.950 bits per heavy atom. The average molecular weight is 533 g/mol. The molecule has 0 spiro atoms. The van der Waals surface area contributed by atoms with Crippen molar-refractivity contribution < 1.29 is 9.53 Å². The molecular formula is C32H32N6O2. The molecule has 0 bridgehead atoms. The van der Waals surface area contributed by atoms with Gasteiger partial charge in [0.05, 0.1) is 0 Å². The molecular weight excluding hydrogens is 500 g/mol. The minimum atomic E-state index is 0.00830. The van der Waals surface area contributed by atoms with Crippen LogP contribution in [0.4, 0.5) is 5.82 Å². The third-order valence-electron chi connectivity index (χ3n) is 7.65. The highest BCUT2D eigenvalue weighted by Gasteiger charge is 2.30. The fourth-order valence-corrected chi connectivity index (χ4v) is 5.50. The number of nitrogens with two attached hydrogens (primary N) is 1. The van der Waals surface area contributed by atoms with Crippen LogP contribution in [0.5, 0.6) is 5.75 Å². The van der Waals surface area contributed by atoms with Crippen LogP contribution in [-0.2, 0) is 17.9 Å². The number of aromatic nitrogens is 4. The van der Waals surface area contributed by atoms with E-state index in [1.807, 2.05) is 72.9 Å². The zero-order valence-electron chi connectivity index (χ0n) is 22.2. The molecule has 1 fully saturated rings. The predicted octanol–water partition coefficient (Wildman–Crippen LogP) is 5.54. The summed E-state index contributed by atoms with van der Waals surface area (Å²) in [5.74, 6) is 2.52. The summed E-state index contributed by atoms with van der Waals surface area (Å²) in [6.45, 7) is 1.01. The second kappa shape index (κ2) is 11.6. The van der Waals surface area contributed by atoms with Crippen LogP contribution in [0.25, 0.3) is 16.8 Å². The lowest BCUT2D eigenvalue weighted by atomic mass is 9.81. The van der Waals surface area contributed by atoms with Gasteiger partial charge in [-0.15, -0.1) is 0 Å². The van der Waals surface area contributed by atoms with E-state index in [4.69, 9.17) is 15.5 Å². The van der Waals surface area contributed by atoms with Gasteiger partial charge in [0, 0.05) is 48.7 Å². The van der Waals surface area contributed by atoms with Crippen LogP contribution in [0.3, 0.4) is 0 Å². The molecule has 3 aromatic heterocycles. The van der Waals surface area contributed by atoms with E-state index in [1.54, 1.807) is 18.6 Å². The Kier molecular flexibility index (Phi) is 7.39. The van der Waals surface area contributed by atoms with Crippen LogP contribution in [0.2, 0.25) is 0 Å². The molecule has 3 heterocycles. The number of nitrogens with zero attached hydrogens (tertiary/aromatic N) is 4. The Morgan fingerprint density at radius 2 is 1.75 bits per heavy atom. The number of nitrogens with one attached hydrogen (secondary N) is 1. The van der Waals surface area contributed by atoms with E-state index in [0.29, 0.717) is 19.0 Å². The van der Waals surface area contributed by atoms with Gasteiger partial charge in [-0.3, -0.25) is 14.2 Å². The number of carbonyl (C=O) groups is 1.